The number of hydrogen-bond acceptors (Lipinski definition) is 4. The zero-order chi connectivity index (χ0) is 14.1. The van der Waals surface area contributed by atoms with Crippen LogP contribution in [0, 0.1) is 0 Å². The van der Waals surface area contributed by atoms with Crippen LogP contribution in [0.5, 0.6) is 0 Å². The average molecular weight is 275 g/mol. The number of morpholine rings is 1. The van der Waals surface area contributed by atoms with Gasteiger partial charge in [-0.15, -0.1) is 0 Å². The third kappa shape index (κ3) is 2.19. The van der Waals surface area contributed by atoms with Gasteiger partial charge in [0.15, 0.2) is 0 Å². The second kappa shape index (κ2) is 5.26. The lowest BCUT2D eigenvalue weighted by atomic mass is 10.0. The van der Waals surface area contributed by atoms with Crippen molar-refractivity contribution >= 4 is 16.9 Å². The first-order valence-electron chi connectivity index (χ1n) is 6.78. The predicted molar refractivity (Wildman–Crippen MR) is 73.7 cm³/mol. The summed E-state index contributed by atoms with van der Waals surface area (Å²) in [5, 5.41) is 13.0. The second-order valence-electron chi connectivity index (χ2n) is 4.92. The Labute approximate surface area is 116 Å². The van der Waals surface area contributed by atoms with Crippen molar-refractivity contribution in [2.24, 2.45) is 0 Å². The third-order valence-corrected chi connectivity index (χ3v) is 3.69. The molecule has 0 saturated carbocycles. The Bertz CT molecular complexity index is 626. The molecule has 20 heavy (non-hydrogen) atoms. The van der Waals surface area contributed by atoms with Crippen LogP contribution in [-0.4, -0.2) is 30.3 Å². The SMILES string of the molecule is CCc1c(C2CNC(C(=O)O)CO2)oc2ccccc12. The second-order valence-corrected chi connectivity index (χ2v) is 4.92. The molecule has 2 unspecified atom stereocenters. The topological polar surface area (TPSA) is 71.7 Å². The van der Waals surface area contributed by atoms with Gasteiger partial charge in [-0.25, -0.2) is 0 Å². The van der Waals surface area contributed by atoms with Crippen LogP contribution in [0.2, 0.25) is 0 Å². The first kappa shape index (κ1) is 13.1. The van der Waals surface area contributed by atoms with Gasteiger partial charge in [0, 0.05) is 17.5 Å². The van der Waals surface area contributed by atoms with Gasteiger partial charge in [-0.1, -0.05) is 25.1 Å². The highest BCUT2D eigenvalue weighted by molar-refractivity contribution is 5.82. The zero-order valence-electron chi connectivity index (χ0n) is 11.3. The summed E-state index contributed by atoms with van der Waals surface area (Å²) < 4.78 is 11.6. The number of furan rings is 1. The number of carbonyl (C=O) groups is 1. The van der Waals surface area contributed by atoms with Crippen LogP contribution in [0.15, 0.2) is 28.7 Å². The molecule has 5 heteroatoms. The van der Waals surface area contributed by atoms with E-state index in [1.807, 2.05) is 24.3 Å². The first-order chi connectivity index (χ1) is 9.70. The molecule has 1 aliphatic rings. The summed E-state index contributed by atoms with van der Waals surface area (Å²) in [6.07, 6.45) is 0.627. The number of nitrogens with one attached hydrogen (secondary N) is 1. The summed E-state index contributed by atoms with van der Waals surface area (Å²) in [5.41, 5.74) is 1.99. The van der Waals surface area contributed by atoms with E-state index in [0.717, 1.165) is 28.7 Å². The maximum atomic E-state index is 10.9. The molecule has 1 saturated heterocycles. The van der Waals surface area contributed by atoms with Crippen LogP contribution in [0.4, 0.5) is 0 Å². The largest absolute Gasteiger partial charge is 0.480 e. The average Bonchev–Trinajstić information content (AvgIpc) is 2.85. The molecule has 5 nitrogen and oxygen atoms in total. The van der Waals surface area contributed by atoms with Gasteiger partial charge in [0.05, 0.1) is 6.61 Å². The lowest BCUT2D eigenvalue weighted by Gasteiger charge is -2.27. The quantitative estimate of drug-likeness (QED) is 0.897. The van der Waals surface area contributed by atoms with Crippen LogP contribution in [-0.2, 0) is 16.0 Å². The van der Waals surface area contributed by atoms with E-state index in [-0.39, 0.29) is 12.7 Å². The Morgan fingerprint density at radius 3 is 2.90 bits per heavy atom. The Kier molecular flexibility index (Phi) is 3.46. The van der Waals surface area contributed by atoms with E-state index in [1.54, 1.807) is 0 Å². The Hall–Kier alpha value is -1.85. The molecule has 0 spiro atoms. The molecule has 1 aromatic heterocycles. The first-order valence-corrected chi connectivity index (χ1v) is 6.78. The maximum Gasteiger partial charge on any atom is 0.323 e. The van der Waals surface area contributed by atoms with Gasteiger partial charge < -0.3 is 14.3 Å². The van der Waals surface area contributed by atoms with Gasteiger partial charge in [-0.05, 0) is 12.5 Å². The van der Waals surface area contributed by atoms with E-state index in [0.29, 0.717) is 6.54 Å². The Morgan fingerprint density at radius 1 is 1.45 bits per heavy atom. The molecular weight excluding hydrogens is 258 g/mol. The molecule has 3 rings (SSSR count). The smallest absolute Gasteiger partial charge is 0.323 e. The van der Waals surface area contributed by atoms with Crippen molar-refractivity contribution in [2.75, 3.05) is 13.2 Å². The molecule has 0 radical (unpaired) electrons. The Balaban J connectivity index is 1.89. The molecule has 2 heterocycles. The van der Waals surface area contributed by atoms with Crippen molar-refractivity contribution in [1.82, 2.24) is 5.32 Å². The molecule has 0 amide bonds. The van der Waals surface area contributed by atoms with Crippen LogP contribution < -0.4 is 5.32 Å². The van der Waals surface area contributed by atoms with E-state index in [9.17, 15) is 4.79 Å². The minimum atomic E-state index is -0.885. The summed E-state index contributed by atoms with van der Waals surface area (Å²) in [6, 6.07) is 7.27. The summed E-state index contributed by atoms with van der Waals surface area (Å²) >= 11 is 0. The van der Waals surface area contributed by atoms with E-state index >= 15 is 0 Å². The van der Waals surface area contributed by atoms with E-state index < -0.39 is 12.0 Å². The van der Waals surface area contributed by atoms with Crippen LogP contribution in [0.25, 0.3) is 11.0 Å². The summed E-state index contributed by atoms with van der Waals surface area (Å²) in [4.78, 5) is 10.9. The van der Waals surface area contributed by atoms with Crippen LogP contribution >= 0.6 is 0 Å². The standard InChI is InChI=1S/C15H17NO4/c1-2-9-10-5-3-4-6-12(10)20-14(9)13-7-16-11(8-19-13)15(17)18/h3-6,11,13,16H,2,7-8H2,1H3,(H,17,18). The van der Waals surface area contributed by atoms with Crippen molar-refractivity contribution in [3.8, 4) is 0 Å². The van der Waals surface area contributed by atoms with Crippen molar-refractivity contribution in [3.63, 3.8) is 0 Å². The highest BCUT2D eigenvalue weighted by Crippen LogP contribution is 2.32. The predicted octanol–water partition coefficient (Wildman–Crippen LogP) is 2.11. The minimum absolute atomic E-state index is 0.153. The monoisotopic (exact) mass is 275 g/mol. The van der Waals surface area contributed by atoms with Gasteiger partial charge >= 0.3 is 5.97 Å². The molecule has 2 atom stereocenters. The lowest BCUT2D eigenvalue weighted by Crippen LogP contribution is -2.47. The number of aliphatic carboxylic acids is 1. The number of ether oxygens (including phenoxy) is 1. The number of rotatable bonds is 3. The van der Waals surface area contributed by atoms with Crippen molar-refractivity contribution < 1.29 is 19.1 Å². The summed E-state index contributed by atoms with van der Waals surface area (Å²) in [7, 11) is 0. The zero-order valence-corrected chi connectivity index (χ0v) is 11.3. The molecule has 0 bridgehead atoms. The number of aryl methyl sites for hydroxylation is 1. The van der Waals surface area contributed by atoms with Gasteiger partial charge in [0.25, 0.3) is 0 Å². The number of hydrogen-bond donors (Lipinski definition) is 2. The third-order valence-electron chi connectivity index (χ3n) is 3.69. The van der Waals surface area contributed by atoms with Gasteiger partial charge in [-0.2, -0.15) is 0 Å². The Morgan fingerprint density at radius 2 is 2.25 bits per heavy atom. The van der Waals surface area contributed by atoms with E-state index in [2.05, 4.69) is 12.2 Å². The highest BCUT2D eigenvalue weighted by Gasteiger charge is 2.30. The molecule has 0 aliphatic carbocycles. The normalized spacial score (nSPS) is 23.1. The number of benzene rings is 1. The lowest BCUT2D eigenvalue weighted by molar-refractivity contribution is -0.144. The fourth-order valence-electron chi connectivity index (χ4n) is 2.65. The molecule has 2 N–H and O–H groups in total. The van der Waals surface area contributed by atoms with Crippen LogP contribution in [0.3, 0.4) is 0 Å². The minimum Gasteiger partial charge on any atom is -0.480 e. The van der Waals surface area contributed by atoms with Crippen molar-refractivity contribution in [1.29, 1.82) is 0 Å². The molecular formula is C15H17NO4. The number of fused-ring (bicyclic) bond motifs is 1. The highest BCUT2D eigenvalue weighted by atomic mass is 16.5. The van der Waals surface area contributed by atoms with Crippen LogP contribution in [0.1, 0.15) is 24.4 Å². The molecule has 106 valence electrons. The molecule has 1 fully saturated rings. The van der Waals surface area contributed by atoms with Crippen molar-refractivity contribution in [2.45, 2.75) is 25.5 Å². The fourth-order valence-corrected chi connectivity index (χ4v) is 2.65. The molecule has 1 aromatic carbocycles. The van der Waals surface area contributed by atoms with Gasteiger partial charge in [0.1, 0.15) is 23.5 Å². The van der Waals surface area contributed by atoms with E-state index in [4.69, 9.17) is 14.3 Å². The fraction of sp³-hybridized carbons (Fsp3) is 0.400. The molecule has 2 aromatic rings. The molecule has 1 aliphatic heterocycles. The number of para-hydroxylation sites is 1. The maximum absolute atomic E-state index is 10.9. The van der Waals surface area contributed by atoms with Gasteiger partial charge in [0.2, 0.25) is 0 Å². The summed E-state index contributed by atoms with van der Waals surface area (Å²) in [5.74, 6) is -0.0752. The number of carboxylic acids is 1. The van der Waals surface area contributed by atoms with E-state index in [1.165, 1.54) is 0 Å². The van der Waals surface area contributed by atoms with Crippen molar-refractivity contribution in [3.05, 3.63) is 35.6 Å². The summed E-state index contributed by atoms with van der Waals surface area (Å²) in [6.45, 7) is 2.68. The van der Waals surface area contributed by atoms with Gasteiger partial charge in [-0.3, -0.25) is 10.1 Å². The number of carboxylic acid groups (broad SMARTS) is 1.